The number of aromatic nitrogens is 1. The summed E-state index contributed by atoms with van der Waals surface area (Å²) in [6, 6.07) is 5.73. The SMILES string of the molecule is COc1ccc(-c2nc(CC(=O)NCC(N)C3CC3)cs2)cc1OC.Cl.Cl. The summed E-state index contributed by atoms with van der Waals surface area (Å²) in [6.07, 6.45) is 2.62. The van der Waals surface area contributed by atoms with Crippen molar-refractivity contribution >= 4 is 42.1 Å². The molecule has 9 heteroatoms. The zero-order chi connectivity index (χ0) is 17.8. The number of benzene rings is 1. The van der Waals surface area contributed by atoms with Crippen LogP contribution in [0.4, 0.5) is 0 Å². The van der Waals surface area contributed by atoms with Gasteiger partial charge in [-0.25, -0.2) is 4.98 Å². The van der Waals surface area contributed by atoms with E-state index in [0.717, 1.165) is 16.3 Å². The minimum atomic E-state index is -0.0414. The van der Waals surface area contributed by atoms with Crippen LogP contribution in [-0.2, 0) is 11.2 Å². The molecular formula is C18H25Cl2N3O3S. The molecule has 1 aromatic carbocycles. The largest absolute Gasteiger partial charge is 0.493 e. The standard InChI is InChI=1S/C18H23N3O3S.2ClH/c1-23-15-6-5-12(7-16(15)24-2)18-21-13(10-25-18)8-17(22)20-9-14(19)11-3-4-11;;/h5-7,10-11,14H,3-4,8-9,19H2,1-2H3,(H,20,22);2*1H. The van der Waals surface area contributed by atoms with Crippen LogP contribution >= 0.6 is 36.2 Å². The van der Waals surface area contributed by atoms with Gasteiger partial charge in [-0.05, 0) is 37.0 Å². The number of carbonyl (C=O) groups excluding carboxylic acids is 1. The van der Waals surface area contributed by atoms with Gasteiger partial charge in [0, 0.05) is 23.5 Å². The van der Waals surface area contributed by atoms with Crippen molar-refractivity contribution in [2.24, 2.45) is 11.7 Å². The summed E-state index contributed by atoms with van der Waals surface area (Å²) in [5.41, 5.74) is 7.69. The van der Waals surface area contributed by atoms with Crippen molar-refractivity contribution < 1.29 is 14.3 Å². The molecule has 0 saturated heterocycles. The van der Waals surface area contributed by atoms with Gasteiger partial charge in [0.2, 0.25) is 5.91 Å². The Balaban J connectivity index is 0.00000182. The van der Waals surface area contributed by atoms with Crippen LogP contribution in [0.15, 0.2) is 23.6 Å². The smallest absolute Gasteiger partial charge is 0.226 e. The Morgan fingerprint density at radius 2 is 2.00 bits per heavy atom. The number of halogens is 2. The zero-order valence-electron chi connectivity index (χ0n) is 15.3. The molecule has 0 radical (unpaired) electrons. The van der Waals surface area contributed by atoms with Crippen molar-refractivity contribution in [3.63, 3.8) is 0 Å². The normalized spacial score (nSPS) is 13.7. The van der Waals surface area contributed by atoms with E-state index in [1.807, 2.05) is 23.6 Å². The number of nitrogens with two attached hydrogens (primary N) is 1. The molecule has 1 unspecified atom stereocenters. The second-order valence-electron chi connectivity index (χ2n) is 6.20. The number of methoxy groups -OCH3 is 2. The van der Waals surface area contributed by atoms with E-state index in [1.54, 1.807) is 14.2 Å². The second kappa shape index (κ2) is 10.7. The molecule has 1 saturated carbocycles. The van der Waals surface area contributed by atoms with E-state index in [0.29, 0.717) is 24.0 Å². The van der Waals surface area contributed by atoms with E-state index >= 15 is 0 Å². The van der Waals surface area contributed by atoms with Crippen molar-refractivity contribution in [2.75, 3.05) is 20.8 Å². The molecule has 1 aromatic heterocycles. The van der Waals surface area contributed by atoms with Gasteiger partial charge in [0.15, 0.2) is 11.5 Å². The third-order valence-electron chi connectivity index (χ3n) is 4.29. The predicted molar refractivity (Wildman–Crippen MR) is 113 cm³/mol. The molecule has 150 valence electrons. The van der Waals surface area contributed by atoms with Crippen LogP contribution in [-0.4, -0.2) is 37.7 Å². The van der Waals surface area contributed by atoms with Gasteiger partial charge < -0.3 is 20.5 Å². The third-order valence-corrected chi connectivity index (χ3v) is 5.23. The summed E-state index contributed by atoms with van der Waals surface area (Å²) in [6.45, 7) is 0.538. The maximum absolute atomic E-state index is 12.1. The Bertz CT molecular complexity index is 753. The van der Waals surface area contributed by atoms with Crippen LogP contribution in [0.1, 0.15) is 18.5 Å². The van der Waals surface area contributed by atoms with Crippen molar-refractivity contribution in [1.29, 1.82) is 0 Å². The molecular weight excluding hydrogens is 409 g/mol. The Labute approximate surface area is 175 Å². The van der Waals surface area contributed by atoms with Gasteiger partial charge in [0.05, 0.1) is 26.3 Å². The molecule has 1 fully saturated rings. The fourth-order valence-electron chi connectivity index (χ4n) is 2.64. The molecule has 1 aliphatic carbocycles. The predicted octanol–water partition coefficient (Wildman–Crippen LogP) is 3.07. The number of ether oxygens (including phenoxy) is 2. The van der Waals surface area contributed by atoms with Gasteiger partial charge in [-0.2, -0.15) is 0 Å². The first kappa shape index (κ1) is 23.5. The number of rotatable bonds is 8. The summed E-state index contributed by atoms with van der Waals surface area (Å²) in [5.74, 6) is 1.87. The molecule has 2 aromatic rings. The number of amides is 1. The number of carbonyl (C=O) groups is 1. The zero-order valence-corrected chi connectivity index (χ0v) is 17.7. The van der Waals surface area contributed by atoms with Gasteiger partial charge in [-0.1, -0.05) is 0 Å². The molecule has 0 bridgehead atoms. The molecule has 0 spiro atoms. The Kier molecular flexibility index (Phi) is 9.32. The average molecular weight is 434 g/mol. The Morgan fingerprint density at radius 3 is 2.63 bits per heavy atom. The van der Waals surface area contributed by atoms with Gasteiger partial charge in [-0.3, -0.25) is 4.79 Å². The lowest BCUT2D eigenvalue weighted by Gasteiger charge is -2.10. The highest BCUT2D eigenvalue weighted by molar-refractivity contribution is 7.13. The Morgan fingerprint density at radius 1 is 1.30 bits per heavy atom. The lowest BCUT2D eigenvalue weighted by Crippen LogP contribution is -2.39. The molecule has 1 aliphatic rings. The molecule has 27 heavy (non-hydrogen) atoms. The third kappa shape index (κ3) is 6.24. The van der Waals surface area contributed by atoms with Crippen molar-refractivity contribution in [2.45, 2.75) is 25.3 Å². The quantitative estimate of drug-likeness (QED) is 0.667. The van der Waals surface area contributed by atoms with Crippen LogP contribution in [0.3, 0.4) is 0 Å². The topological polar surface area (TPSA) is 86.5 Å². The van der Waals surface area contributed by atoms with Crippen LogP contribution in [0.25, 0.3) is 10.6 Å². The number of thiazole rings is 1. The Hall–Kier alpha value is -1.54. The van der Waals surface area contributed by atoms with Crippen LogP contribution in [0, 0.1) is 5.92 Å². The van der Waals surface area contributed by atoms with E-state index in [2.05, 4.69) is 10.3 Å². The summed E-state index contributed by atoms with van der Waals surface area (Å²) in [4.78, 5) is 16.6. The number of hydrogen-bond acceptors (Lipinski definition) is 6. The molecule has 1 atom stereocenters. The van der Waals surface area contributed by atoms with E-state index in [-0.39, 0.29) is 43.2 Å². The first-order valence-electron chi connectivity index (χ1n) is 8.29. The highest BCUT2D eigenvalue weighted by Gasteiger charge is 2.28. The van der Waals surface area contributed by atoms with Crippen molar-refractivity contribution in [1.82, 2.24) is 10.3 Å². The minimum absolute atomic E-state index is 0. The monoisotopic (exact) mass is 433 g/mol. The lowest BCUT2D eigenvalue weighted by molar-refractivity contribution is -0.120. The van der Waals surface area contributed by atoms with Gasteiger partial charge >= 0.3 is 0 Å². The molecule has 1 heterocycles. The van der Waals surface area contributed by atoms with Crippen molar-refractivity contribution in [3.8, 4) is 22.1 Å². The number of hydrogen-bond donors (Lipinski definition) is 2. The van der Waals surface area contributed by atoms with Gasteiger partial charge in [-0.15, -0.1) is 36.2 Å². The van der Waals surface area contributed by atoms with Crippen LogP contribution < -0.4 is 20.5 Å². The van der Waals surface area contributed by atoms with E-state index in [9.17, 15) is 4.79 Å². The van der Waals surface area contributed by atoms with Crippen molar-refractivity contribution in [3.05, 3.63) is 29.3 Å². The second-order valence-corrected chi connectivity index (χ2v) is 7.05. The van der Waals surface area contributed by atoms with Gasteiger partial charge in [0.25, 0.3) is 0 Å². The molecule has 6 nitrogen and oxygen atoms in total. The molecule has 3 rings (SSSR count). The lowest BCUT2D eigenvalue weighted by atomic mass is 10.2. The molecule has 0 aliphatic heterocycles. The van der Waals surface area contributed by atoms with E-state index in [1.165, 1.54) is 24.2 Å². The summed E-state index contributed by atoms with van der Waals surface area (Å²) < 4.78 is 10.6. The fraction of sp³-hybridized carbons (Fsp3) is 0.444. The number of nitrogens with zero attached hydrogens (tertiary/aromatic N) is 1. The first-order chi connectivity index (χ1) is 12.1. The summed E-state index contributed by atoms with van der Waals surface area (Å²) in [5, 5.41) is 5.65. The van der Waals surface area contributed by atoms with Gasteiger partial charge in [0.1, 0.15) is 5.01 Å². The van der Waals surface area contributed by atoms with E-state index in [4.69, 9.17) is 15.2 Å². The first-order valence-corrected chi connectivity index (χ1v) is 9.17. The maximum Gasteiger partial charge on any atom is 0.226 e. The van der Waals surface area contributed by atoms with Crippen LogP contribution in [0.5, 0.6) is 11.5 Å². The highest BCUT2D eigenvalue weighted by Crippen LogP contribution is 2.33. The summed E-state index contributed by atoms with van der Waals surface area (Å²) >= 11 is 1.50. The van der Waals surface area contributed by atoms with Crippen LogP contribution in [0.2, 0.25) is 0 Å². The fourth-order valence-corrected chi connectivity index (χ4v) is 3.46. The van der Waals surface area contributed by atoms with E-state index < -0.39 is 0 Å². The molecule has 3 N–H and O–H groups in total. The summed E-state index contributed by atoms with van der Waals surface area (Å²) in [7, 11) is 3.21. The maximum atomic E-state index is 12.1. The minimum Gasteiger partial charge on any atom is -0.493 e. The molecule has 1 amide bonds. The highest BCUT2D eigenvalue weighted by atomic mass is 35.5. The average Bonchev–Trinajstić information content (AvgIpc) is 3.38. The number of nitrogens with one attached hydrogen (secondary N) is 1.